The van der Waals surface area contributed by atoms with Crippen LogP contribution in [-0.2, 0) is 0 Å². The molecular formula is C16H17FN2O2. The van der Waals surface area contributed by atoms with Crippen molar-refractivity contribution in [2.75, 3.05) is 0 Å². The van der Waals surface area contributed by atoms with Gasteiger partial charge in [0.15, 0.2) is 0 Å². The molecule has 1 aliphatic rings. The summed E-state index contributed by atoms with van der Waals surface area (Å²) in [5, 5.41) is 13.6. The van der Waals surface area contributed by atoms with Crippen LogP contribution in [-0.4, -0.2) is 20.9 Å². The third-order valence-corrected chi connectivity index (χ3v) is 4.10. The summed E-state index contributed by atoms with van der Waals surface area (Å²) in [7, 11) is 0. The first kappa shape index (κ1) is 13.8. The minimum Gasteiger partial charge on any atom is -0.478 e. The van der Waals surface area contributed by atoms with Crippen molar-refractivity contribution >= 4 is 5.97 Å². The summed E-state index contributed by atoms with van der Waals surface area (Å²) in [4.78, 5) is 11.4. The normalized spacial score (nSPS) is 16.0. The average molecular weight is 288 g/mol. The number of carbonyl (C=O) groups is 1. The Morgan fingerprint density at radius 2 is 1.86 bits per heavy atom. The zero-order valence-corrected chi connectivity index (χ0v) is 11.6. The molecular weight excluding hydrogens is 271 g/mol. The molecule has 0 radical (unpaired) electrons. The minimum atomic E-state index is -0.955. The van der Waals surface area contributed by atoms with Crippen molar-refractivity contribution in [3.05, 3.63) is 47.5 Å². The smallest absolute Gasteiger partial charge is 0.339 e. The lowest BCUT2D eigenvalue weighted by atomic mass is 9.85. The highest BCUT2D eigenvalue weighted by molar-refractivity contribution is 5.89. The molecule has 110 valence electrons. The van der Waals surface area contributed by atoms with E-state index in [1.807, 2.05) is 0 Å². The van der Waals surface area contributed by atoms with Crippen LogP contribution in [0.3, 0.4) is 0 Å². The van der Waals surface area contributed by atoms with Crippen LogP contribution in [0.5, 0.6) is 0 Å². The Hall–Kier alpha value is -2.17. The van der Waals surface area contributed by atoms with E-state index in [1.54, 1.807) is 16.8 Å². The average Bonchev–Trinajstić information content (AvgIpc) is 2.94. The van der Waals surface area contributed by atoms with Crippen LogP contribution in [0.4, 0.5) is 4.39 Å². The fourth-order valence-corrected chi connectivity index (χ4v) is 3.08. The van der Waals surface area contributed by atoms with Crippen LogP contribution < -0.4 is 0 Å². The molecule has 1 heterocycles. The van der Waals surface area contributed by atoms with Gasteiger partial charge in [-0.1, -0.05) is 19.3 Å². The Bertz CT molecular complexity index is 643. The van der Waals surface area contributed by atoms with E-state index >= 15 is 0 Å². The predicted octanol–water partition coefficient (Wildman–Crippen LogP) is 3.76. The van der Waals surface area contributed by atoms with E-state index in [1.165, 1.54) is 24.8 Å². The molecule has 1 aliphatic carbocycles. The first-order chi connectivity index (χ1) is 10.2. The number of aromatic carboxylic acids is 1. The molecule has 1 N–H and O–H groups in total. The summed E-state index contributed by atoms with van der Waals surface area (Å²) in [6, 6.07) is 5.98. The molecule has 0 unspecified atom stereocenters. The van der Waals surface area contributed by atoms with E-state index in [9.17, 15) is 14.3 Å². The van der Waals surface area contributed by atoms with E-state index in [-0.39, 0.29) is 17.3 Å². The van der Waals surface area contributed by atoms with E-state index in [2.05, 4.69) is 5.10 Å². The van der Waals surface area contributed by atoms with Crippen molar-refractivity contribution in [1.82, 2.24) is 9.78 Å². The van der Waals surface area contributed by atoms with Gasteiger partial charge in [0.1, 0.15) is 11.4 Å². The van der Waals surface area contributed by atoms with Gasteiger partial charge in [-0.2, -0.15) is 5.10 Å². The van der Waals surface area contributed by atoms with Gasteiger partial charge in [-0.25, -0.2) is 13.9 Å². The second-order valence-corrected chi connectivity index (χ2v) is 5.47. The Balaban J connectivity index is 2.07. The second-order valence-electron chi connectivity index (χ2n) is 5.47. The van der Waals surface area contributed by atoms with Gasteiger partial charge in [-0.3, -0.25) is 0 Å². The number of benzene rings is 1. The zero-order chi connectivity index (χ0) is 14.8. The van der Waals surface area contributed by atoms with E-state index in [0.29, 0.717) is 5.69 Å². The van der Waals surface area contributed by atoms with Gasteiger partial charge in [0.2, 0.25) is 0 Å². The topological polar surface area (TPSA) is 55.1 Å². The van der Waals surface area contributed by atoms with Crippen LogP contribution in [0.25, 0.3) is 5.69 Å². The van der Waals surface area contributed by atoms with Gasteiger partial charge < -0.3 is 5.11 Å². The molecule has 0 amide bonds. The summed E-state index contributed by atoms with van der Waals surface area (Å²) in [5.74, 6) is -1.06. The summed E-state index contributed by atoms with van der Waals surface area (Å²) >= 11 is 0. The number of hydrogen-bond acceptors (Lipinski definition) is 2. The second kappa shape index (κ2) is 5.68. The molecule has 21 heavy (non-hydrogen) atoms. The van der Waals surface area contributed by atoms with Crippen LogP contribution in [0.2, 0.25) is 0 Å². The summed E-state index contributed by atoms with van der Waals surface area (Å²) in [6.45, 7) is 0. The SMILES string of the molecule is O=C(O)c1cnn(-c2ccc(F)cc2)c1C1CCCCC1. The summed E-state index contributed by atoms with van der Waals surface area (Å²) in [5.41, 5.74) is 1.70. The molecule has 3 rings (SSSR count). The van der Waals surface area contributed by atoms with Gasteiger partial charge in [-0.15, -0.1) is 0 Å². The number of carboxylic acids is 1. The molecule has 1 aromatic carbocycles. The van der Waals surface area contributed by atoms with Crippen LogP contribution in [0.15, 0.2) is 30.5 Å². The third-order valence-electron chi connectivity index (χ3n) is 4.10. The van der Waals surface area contributed by atoms with Crippen molar-refractivity contribution in [2.45, 2.75) is 38.0 Å². The van der Waals surface area contributed by atoms with E-state index in [4.69, 9.17) is 0 Å². The molecule has 4 nitrogen and oxygen atoms in total. The van der Waals surface area contributed by atoms with Gasteiger partial charge >= 0.3 is 5.97 Å². The number of hydrogen-bond donors (Lipinski definition) is 1. The Morgan fingerprint density at radius 3 is 2.48 bits per heavy atom. The van der Waals surface area contributed by atoms with Crippen molar-refractivity contribution < 1.29 is 14.3 Å². The Morgan fingerprint density at radius 1 is 1.19 bits per heavy atom. The fourth-order valence-electron chi connectivity index (χ4n) is 3.08. The quantitative estimate of drug-likeness (QED) is 0.935. The van der Waals surface area contributed by atoms with E-state index in [0.717, 1.165) is 31.4 Å². The lowest BCUT2D eigenvalue weighted by molar-refractivity contribution is 0.0694. The van der Waals surface area contributed by atoms with Gasteiger partial charge in [0, 0.05) is 5.92 Å². The Kier molecular flexibility index (Phi) is 3.73. The Labute approximate surface area is 122 Å². The van der Waals surface area contributed by atoms with Gasteiger partial charge in [0.25, 0.3) is 0 Å². The molecule has 1 saturated carbocycles. The molecule has 0 aliphatic heterocycles. The van der Waals surface area contributed by atoms with Crippen molar-refractivity contribution in [3.8, 4) is 5.69 Å². The standard InChI is InChI=1S/C16H17FN2O2/c17-12-6-8-13(9-7-12)19-15(11-4-2-1-3-5-11)14(10-18-19)16(20)21/h6-11H,1-5H2,(H,20,21). The van der Waals surface area contributed by atoms with Gasteiger partial charge in [0.05, 0.1) is 17.6 Å². The van der Waals surface area contributed by atoms with Crippen molar-refractivity contribution in [2.24, 2.45) is 0 Å². The third kappa shape index (κ3) is 2.68. The van der Waals surface area contributed by atoms with E-state index < -0.39 is 5.97 Å². The monoisotopic (exact) mass is 288 g/mol. The van der Waals surface area contributed by atoms with Crippen molar-refractivity contribution in [1.29, 1.82) is 0 Å². The molecule has 0 atom stereocenters. The first-order valence-electron chi connectivity index (χ1n) is 7.24. The molecule has 5 heteroatoms. The molecule has 0 spiro atoms. The number of nitrogens with zero attached hydrogens (tertiary/aromatic N) is 2. The maximum atomic E-state index is 13.1. The van der Waals surface area contributed by atoms with Crippen molar-refractivity contribution in [3.63, 3.8) is 0 Å². The molecule has 2 aromatic rings. The van der Waals surface area contributed by atoms with Crippen LogP contribution in [0.1, 0.15) is 54.1 Å². The maximum Gasteiger partial charge on any atom is 0.339 e. The molecule has 1 fully saturated rings. The highest BCUT2D eigenvalue weighted by atomic mass is 19.1. The van der Waals surface area contributed by atoms with Crippen LogP contribution in [0, 0.1) is 5.82 Å². The number of aromatic nitrogens is 2. The first-order valence-corrected chi connectivity index (χ1v) is 7.24. The zero-order valence-electron chi connectivity index (χ0n) is 11.6. The molecule has 0 saturated heterocycles. The highest BCUT2D eigenvalue weighted by Gasteiger charge is 2.26. The maximum absolute atomic E-state index is 13.1. The number of carboxylic acid groups (broad SMARTS) is 1. The largest absolute Gasteiger partial charge is 0.478 e. The van der Waals surface area contributed by atoms with Crippen LogP contribution >= 0.6 is 0 Å². The molecule has 0 bridgehead atoms. The number of halogens is 1. The lowest BCUT2D eigenvalue weighted by Gasteiger charge is -2.23. The highest BCUT2D eigenvalue weighted by Crippen LogP contribution is 2.35. The summed E-state index contributed by atoms with van der Waals surface area (Å²) in [6.07, 6.45) is 6.77. The minimum absolute atomic E-state index is 0.206. The predicted molar refractivity (Wildman–Crippen MR) is 76.3 cm³/mol. The molecule has 1 aromatic heterocycles. The fraction of sp³-hybridized carbons (Fsp3) is 0.375. The summed E-state index contributed by atoms with van der Waals surface area (Å²) < 4.78 is 14.7. The number of rotatable bonds is 3. The lowest BCUT2D eigenvalue weighted by Crippen LogP contribution is -2.14. The van der Waals surface area contributed by atoms with Gasteiger partial charge in [-0.05, 0) is 37.1 Å².